The highest BCUT2D eigenvalue weighted by atomic mass is 16.7. The van der Waals surface area contributed by atoms with E-state index < -0.39 is 5.79 Å². The maximum absolute atomic E-state index is 10.9. The van der Waals surface area contributed by atoms with Gasteiger partial charge in [-0.25, -0.2) is 0 Å². The Balaban J connectivity index is 2.40. The molecule has 0 aromatic heterocycles. The van der Waals surface area contributed by atoms with E-state index in [1.54, 1.807) is 6.08 Å². The summed E-state index contributed by atoms with van der Waals surface area (Å²) in [5.74, 6) is -0.640. The summed E-state index contributed by atoms with van der Waals surface area (Å²) in [7, 11) is 0. The van der Waals surface area contributed by atoms with Crippen molar-refractivity contribution < 1.29 is 14.4 Å². The molecule has 0 aliphatic carbocycles. The van der Waals surface area contributed by atoms with Crippen molar-refractivity contribution in [2.24, 2.45) is 0 Å². The molecule has 0 saturated carbocycles. The zero-order chi connectivity index (χ0) is 13.4. The topological polar surface area (TPSA) is 61.6 Å². The first kappa shape index (κ1) is 15.1. The third-order valence-electron chi connectivity index (χ3n) is 3.16. The van der Waals surface area contributed by atoms with Gasteiger partial charge in [-0.3, -0.25) is 10.1 Å². The molecule has 1 aliphatic heterocycles. The molecule has 5 heteroatoms. The smallest absolute Gasteiger partial charge is 0.242 e. The molecule has 104 valence electrons. The van der Waals surface area contributed by atoms with Gasteiger partial charge in [0.2, 0.25) is 5.70 Å². The zero-order valence-corrected chi connectivity index (χ0v) is 11.3. The molecule has 1 fully saturated rings. The van der Waals surface area contributed by atoms with Crippen molar-refractivity contribution in [2.75, 3.05) is 13.2 Å². The summed E-state index contributed by atoms with van der Waals surface area (Å²) in [4.78, 5) is 10.6. The minimum Gasteiger partial charge on any atom is -0.348 e. The van der Waals surface area contributed by atoms with E-state index in [1.807, 2.05) is 6.92 Å². The van der Waals surface area contributed by atoms with Crippen LogP contribution in [0.25, 0.3) is 0 Å². The van der Waals surface area contributed by atoms with E-state index >= 15 is 0 Å². The lowest BCUT2D eigenvalue weighted by Crippen LogP contribution is -2.25. The first-order valence-electron chi connectivity index (χ1n) is 6.69. The average Bonchev–Trinajstić information content (AvgIpc) is 2.75. The van der Waals surface area contributed by atoms with Crippen molar-refractivity contribution in [3.05, 3.63) is 21.9 Å². The highest BCUT2D eigenvalue weighted by Crippen LogP contribution is 2.26. The fraction of sp³-hybridized carbons (Fsp3) is 0.846. The van der Waals surface area contributed by atoms with Crippen LogP contribution in [0.15, 0.2) is 11.8 Å². The number of nitro groups is 1. The molecule has 18 heavy (non-hydrogen) atoms. The molecule has 1 heterocycles. The summed E-state index contributed by atoms with van der Waals surface area (Å²) >= 11 is 0. The van der Waals surface area contributed by atoms with Gasteiger partial charge in [0.05, 0.1) is 18.1 Å². The lowest BCUT2D eigenvalue weighted by molar-refractivity contribution is -0.429. The number of allylic oxidation sites excluding steroid dienone is 2. The molecule has 1 saturated heterocycles. The van der Waals surface area contributed by atoms with Gasteiger partial charge in [0.25, 0.3) is 0 Å². The van der Waals surface area contributed by atoms with Gasteiger partial charge in [0, 0.05) is 12.8 Å². The Morgan fingerprint density at radius 2 is 2.06 bits per heavy atom. The molecule has 1 rings (SSSR count). The highest BCUT2D eigenvalue weighted by Gasteiger charge is 2.32. The molecule has 0 bridgehead atoms. The van der Waals surface area contributed by atoms with Gasteiger partial charge in [-0.2, -0.15) is 0 Å². The van der Waals surface area contributed by atoms with Crippen LogP contribution in [0, 0.1) is 10.1 Å². The Morgan fingerprint density at radius 3 is 2.61 bits per heavy atom. The third kappa shape index (κ3) is 5.14. The van der Waals surface area contributed by atoms with Crippen LogP contribution in [0.3, 0.4) is 0 Å². The van der Waals surface area contributed by atoms with Crippen molar-refractivity contribution in [1.82, 2.24) is 0 Å². The third-order valence-corrected chi connectivity index (χ3v) is 3.16. The lowest BCUT2D eigenvalue weighted by Gasteiger charge is -2.21. The predicted molar refractivity (Wildman–Crippen MR) is 68.8 cm³/mol. The van der Waals surface area contributed by atoms with Crippen LogP contribution in [0.2, 0.25) is 0 Å². The maximum Gasteiger partial charge on any atom is 0.242 e. The van der Waals surface area contributed by atoms with E-state index in [4.69, 9.17) is 9.47 Å². The molecular formula is C13H23NO4. The molecule has 0 unspecified atom stereocenters. The molecule has 0 aromatic rings. The number of hydrogen-bond donors (Lipinski definition) is 0. The van der Waals surface area contributed by atoms with E-state index in [0.717, 1.165) is 25.7 Å². The predicted octanol–water partition coefficient (Wildman–Crippen LogP) is 3.27. The Kier molecular flexibility index (Phi) is 6.29. The summed E-state index contributed by atoms with van der Waals surface area (Å²) in [6.07, 6.45) is 6.71. The molecule has 0 atom stereocenters. The summed E-state index contributed by atoms with van der Waals surface area (Å²) in [6, 6.07) is 0. The minimum atomic E-state index is -0.640. The van der Waals surface area contributed by atoms with Gasteiger partial charge in [-0.15, -0.1) is 0 Å². The van der Waals surface area contributed by atoms with Gasteiger partial charge in [-0.05, 0) is 25.8 Å². The Bertz CT molecular complexity index is 295. The number of rotatable bonds is 8. The van der Waals surface area contributed by atoms with E-state index in [0.29, 0.717) is 26.1 Å². The first-order chi connectivity index (χ1) is 8.57. The van der Waals surface area contributed by atoms with Gasteiger partial charge in [0.1, 0.15) is 0 Å². The Labute approximate surface area is 108 Å². The van der Waals surface area contributed by atoms with E-state index in [1.165, 1.54) is 0 Å². The number of unbranched alkanes of at least 4 members (excludes halogenated alkanes) is 3. The molecule has 1 aliphatic rings. The van der Waals surface area contributed by atoms with Gasteiger partial charge in [0.15, 0.2) is 5.79 Å². The van der Waals surface area contributed by atoms with Crippen molar-refractivity contribution in [3.63, 3.8) is 0 Å². The molecule has 0 N–H and O–H groups in total. The van der Waals surface area contributed by atoms with Crippen LogP contribution in [0.4, 0.5) is 0 Å². The number of hydrogen-bond acceptors (Lipinski definition) is 4. The van der Waals surface area contributed by atoms with Gasteiger partial charge in [-0.1, -0.05) is 19.8 Å². The van der Waals surface area contributed by atoms with Crippen LogP contribution in [-0.2, 0) is 9.47 Å². The fourth-order valence-electron chi connectivity index (χ4n) is 1.99. The lowest BCUT2D eigenvalue weighted by atomic mass is 10.1. The first-order valence-corrected chi connectivity index (χ1v) is 6.69. The quantitative estimate of drug-likeness (QED) is 0.380. The molecule has 0 spiro atoms. The SMILES string of the molecule is CCCCC/C=C(\CCC1(C)OCCO1)[N+](=O)[O-]. The molecular weight excluding hydrogens is 234 g/mol. The van der Waals surface area contributed by atoms with Gasteiger partial charge >= 0.3 is 0 Å². The van der Waals surface area contributed by atoms with Crippen molar-refractivity contribution in [1.29, 1.82) is 0 Å². The molecule has 5 nitrogen and oxygen atoms in total. The number of ether oxygens (including phenoxy) is 2. The fourth-order valence-corrected chi connectivity index (χ4v) is 1.99. The van der Waals surface area contributed by atoms with E-state index in [-0.39, 0.29) is 10.6 Å². The van der Waals surface area contributed by atoms with Crippen LogP contribution < -0.4 is 0 Å². The Hall–Kier alpha value is -0.940. The standard InChI is InChI=1S/C13H23NO4/c1-3-4-5-6-7-12(14(15)16)8-9-13(2)17-10-11-18-13/h7H,3-6,8-11H2,1-2H3/b12-7+. The normalized spacial score (nSPS) is 19.1. The van der Waals surface area contributed by atoms with E-state index in [2.05, 4.69) is 6.92 Å². The number of nitrogens with zero attached hydrogens (tertiary/aromatic N) is 1. The second-order valence-corrected chi connectivity index (χ2v) is 4.78. The second kappa shape index (κ2) is 7.48. The summed E-state index contributed by atoms with van der Waals surface area (Å²) < 4.78 is 10.9. The average molecular weight is 257 g/mol. The second-order valence-electron chi connectivity index (χ2n) is 4.78. The Morgan fingerprint density at radius 1 is 1.39 bits per heavy atom. The largest absolute Gasteiger partial charge is 0.348 e. The van der Waals surface area contributed by atoms with Crippen LogP contribution in [0.1, 0.15) is 52.4 Å². The van der Waals surface area contributed by atoms with Crippen molar-refractivity contribution in [2.45, 2.75) is 58.2 Å². The zero-order valence-electron chi connectivity index (χ0n) is 11.3. The molecule has 0 aromatic carbocycles. The van der Waals surface area contributed by atoms with Crippen molar-refractivity contribution >= 4 is 0 Å². The van der Waals surface area contributed by atoms with Crippen LogP contribution in [-0.4, -0.2) is 23.9 Å². The highest BCUT2D eigenvalue weighted by molar-refractivity contribution is 4.93. The van der Waals surface area contributed by atoms with Crippen LogP contribution >= 0.6 is 0 Å². The van der Waals surface area contributed by atoms with E-state index in [9.17, 15) is 10.1 Å². The van der Waals surface area contributed by atoms with Gasteiger partial charge < -0.3 is 9.47 Å². The van der Waals surface area contributed by atoms with Crippen molar-refractivity contribution in [3.8, 4) is 0 Å². The summed E-state index contributed by atoms with van der Waals surface area (Å²) in [5, 5.41) is 10.9. The minimum absolute atomic E-state index is 0.284. The molecule has 0 radical (unpaired) electrons. The van der Waals surface area contributed by atoms with Crippen LogP contribution in [0.5, 0.6) is 0 Å². The summed E-state index contributed by atoms with van der Waals surface area (Å²) in [6.45, 7) is 5.11. The maximum atomic E-state index is 10.9. The monoisotopic (exact) mass is 257 g/mol. The molecule has 0 amide bonds. The summed E-state index contributed by atoms with van der Waals surface area (Å²) in [5.41, 5.74) is 0.284.